The van der Waals surface area contributed by atoms with Crippen molar-refractivity contribution in [3.8, 4) is 0 Å². The lowest BCUT2D eigenvalue weighted by molar-refractivity contribution is -0.0921. The highest BCUT2D eigenvalue weighted by atomic mass is 31.1. The second kappa shape index (κ2) is 8.91. The number of benzene rings is 4. The van der Waals surface area contributed by atoms with Crippen molar-refractivity contribution in [1.29, 1.82) is 0 Å². The van der Waals surface area contributed by atoms with Crippen molar-refractivity contribution in [3.63, 3.8) is 0 Å². The van der Waals surface area contributed by atoms with Crippen LogP contribution in [0, 0.1) is 0 Å². The van der Waals surface area contributed by atoms with E-state index in [2.05, 4.69) is 0 Å². The van der Waals surface area contributed by atoms with E-state index >= 15 is 0 Å². The van der Waals surface area contributed by atoms with E-state index in [0.29, 0.717) is 11.1 Å². The first-order valence-corrected chi connectivity index (χ1v) is 10.6. The lowest BCUT2D eigenvalue weighted by Gasteiger charge is -2.47. The van der Waals surface area contributed by atoms with Crippen LogP contribution in [0.1, 0.15) is 22.3 Å². The summed E-state index contributed by atoms with van der Waals surface area (Å²) in [6.45, 7) is 0. The van der Waals surface area contributed by atoms with Gasteiger partial charge in [0, 0.05) is 0 Å². The Hall–Kier alpha value is -2.81. The molecule has 0 aliphatic heterocycles. The lowest BCUT2D eigenvalue weighted by atomic mass is 9.66. The molecule has 4 rings (SSSR count). The van der Waals surface area contributed by atoms with E-state index in [1.165, 1.54) is 0 Å². The van der Waals surface area contributed by atoms with Crippen molar-refractivity contribution >= 4 is 9.03 Å². The van der Waals surface area contributed by atoms with Crippen LogP contribution < -0.4 is 0 Å². The van der Waals surface area contributed by atoms with Crippen LogP contribution in [0.3, 0.4) is 0 Å². The largest absolute Gasteiger partial charge is 0.377 e. The van der Waals surface area contributed by atoms with Crippen molar-refractivity contribution < 1.29 is 14.5 Å². The predicted octanol–water partition coefficient (Wildman–Crippen LogP) is 5.38. The molecule has 3 nitrogen and oxygen atoms in total. The smallest absolute Gasteiger partial charge is 0.162 e. The Morgan fingerprint density at radius 2 is 0.800 bits per heavy atom. The van der Waals surface area contributed by atoms with Crippen LogP contribution in [0.4, 0.5) is 0 Å². The van der Waals surface area contributed by atoms with Crippen LogP contribution in [-0.2, 0) is 15.7 Å². The van der Waals surface area contributed by atoms with E-state index in [9.17, 15) is 10.00 Å². The lowest BCUT2D eigenvalue weighted by Crippen LogP contribution is -2.51. The second-order valence-corrected chi connectivity index (χ2v) is 7.44. The summed E-state index contributed by atoms with van der Waals surface area (Å²) in [5.41, 5.74) is -0.176. The van der Waals surface area contributed by atoms with Crippen molar-refractivity contribution in [2.24, 2.45) is 0 Å². The third-order valence-electron chi connectivity index (χ3n) is 5.45. The van der Waals surface area contributed by atoms with Gasteiger partial charge in [0.25, 0.3) is 0 Å². The number of rotatable bonds is 7. The zero-order valence-corrected chi connectivity index (χ0v) is 17.3. The Morgan fingerprint density at radius 3 is 1.10 bits per heavy atom. The maximum atomic E-state index is 12.7. The first-order valence-electron chi connectivity index (χ1n) is 9.75. The summed E-state index contributed by atoms with van der Waals surface area (Å²) in [6.07, 6.45) is 0. The minimum absolute atomic E-state index is 0.669. The summed E-state index contributed by atoms with van der Waals surface area (Å²) >= 11 is 0. The molecular formula is C26H23O3P. The number of hydrogen-bond acceptors (Lipinski definition) is 3. The van der Waals surface area contributed by atoms with E-state index < -0.39 is 20.2 Å². The molecular weight excluding hydrogens is 391 g/mol. The fraction of sp³-hybridized carbons (Fsp3) is 0.0769. The first-order chi connectivity index (χ1) is 14.7. The molecule has 0 fully saturated rings. The second-order valence-electron chi connectivity index (χ2n) is 7.05. The molecule has 0 aliphatic carbocycles. The molecule has 150 valence electrons. The molecule has 0 heterocycles. The van der Waals surface area contributed by atoms with Crippen LogP contribution in [0.15, 0.2) is 121 Å². The molecule has 0 saturated heterocycles. The Balaban J connectivity index is 2.14. The highest BCUT2D eigenvalue weighted by molar-refractivity contribution is 7.25. The topological polar surface area (TPSA) is 49.7 Å². The van der Waals surface area contributed by atoms with Gasteiger partial charge in [-0.2, -0.15) is 0 Å². The summed E-state index contributed by atoms with van der Waals surface area (Å²) < 4.78 is 6.21. The van der Waals surface area contributed by atoms with E-state index in [0.717, 1.165) is 11.1 Å². The van der Waals surface area contributed by atoms with Crippen LogP contribution in [0.5, 0.6) is 0 Å². The summed E-state index contributed by atoms with van der Waals surface area (Å²) in [5.74, 6) is 0. The zero-order valence-electron chi connectivity index (χ0n) is 16.3. The number of hydrogen-bond donors (Lipinski definition) is 2. The molecule has 0 amide bonds. The van der Waals surface area contributed by atoms with E-state index in [1.807, 2.05) is 121 Å². The quantitative estimate of drug-likeness (QED) is 0.399. The first kappa shape index (κ1) is 20.5. The Kier molecular flexibility index (Phi) is 6.08. The molecule has 2 N–H and O–H groups in total. The minimum atomic E-state index is -1.62. The Bertz CT molecular complexity index is 975. The third kappa shape index (κ3) is 3.36. The van der Waals surface area contributed by atoms with Crippen LogP contribution >= 0.6 is 9.03 Å². The van der Waals surface area contributed by atoms with E-state index in [-0.39, 0.29) is 0 Å². The average Bonchev–Trinajstić information content (AvgIpc) is 2.84. The van der Waals surface area contributed by atoms with Gasteiger partial charge in [0.05, 0.1) is 0 Å². The van der Waals surface area contributed by atoms with E-state index in [4.69, 9.17) is 4.52 Å². The SMILES string of the molecule is OPOC(c1ccccc1)(c1ccccc1)C(O)(c1ccccc1)c1ccccc1. The molecule has 4 heteroatoms. The molecule has 0 aliphatic rings. The minimum Gasteiger partial charge on any atom is -0.377 e. The van der Waals surface area contributed by atoms with Crippen LogP contribution in [0.25, 0.3) is 0 Å². The van der Waals surface area contributed by atoms with Gasteiger partial charge in [-0.1, -0.05) is 121 Å². The normalized spacial score (nSPS) is 12.3. The Labute approximate surface area is 178 Å². The fourth-order valence-electron chi connectivity index (χ4n) is 4.12. The van der Waals surface area contributed by atoms with Gasteiger partial charge in [0.1, 0.15) is 0 Å². The van der Waals surface area contributed by atoms with Gasteiger partial charge in [-0.25, -0.2) is 0 Å². The van der Waals surface area contributed by atoms with Crippen molar-refractivity contribution in [2.45, 2.75) is 11.2 Å². The standard InChI is InChI=1S/C26H23O3P/c27-25(21-13-5-1-6-14-21,22-15-7-2-8-16-22)26(29-30-28,23-17-9-3-10-18-23)24-19-11-4-12-20-24/h1-20,27-28,30H. The van der Waals surface area contributed by atoms with Gasteiger partial charge < -0.3 is 14.5 Å². The van der Waals surface area contributed by atoms with Crippen LogP contribution in [-0.4, -0.2) is 10.00 Å². The molecule has 1 unspecified atom stereocenters. The molecule has 1 atom stereocenters. The molecule has 4 aromatic rings. The van der Waals surface area contributed by atoms with Crippen molar-refractivity contribution in [1.82, 2.24) is 0 Å². The summed E-state index contributed by atoms with van der Waals surface area (Å²) in [5, 5.41) is 12.7. The summed E-state index contributed by atoms with van der Waals surface area (Å²) in [7, 11) is -0.836. The van der Waals surface area contributed by atoms with Crippen molar-refractivity contribution in [2.75, 3.05) is 0 Å². The third-order valence-corrected chi connectivity index (χ3v) is 5.85. The van der Waals surface area contributed by atoms with Gasteiger partial charge in [0.15, 0.2) is 20.2 Å². The summed E-state index contributed by atoms with van der Waals surface area (Å²) in [6, 6.07) is 38.1. The van der Waals surface area contributed by atoms with Crippen molar-refractivity contribution in [3.05, 3.63) is 144 Å². The zero-order chi connectivity index (χ0) is 20.9. The van der Waals surface area contributed by atoms with Gasteiger partial charge in [-0.3, -0.25) is 0 Å². The van der Waals surface area contributed by atoms with Gasteiger partial charge >= 0.3 is 0 Å². The average molecular weight is 414 g/mol. The van der Waals surface area contributed by atoms with Crippen LogP contribution in [0.2, 0.25) is 0 Å². The molecule has 0 spiro atoms. The van der Waals surface area contributed by atoms with Gasteiger partial charge in [-0.15, -0.1) is 0 Å². The predicted molar refractivity (Wildman–Crippen MR) is 121 cm³/mol. The van der Waals surface area contributed by atoms with Gasteiger partial charge in [-0.05, 0) is 22.3 Å². The molecule has 30 heavy (non-hydrogen) atoms. The Morgan fingerprint density at radius 1 is 0.500 bits per heavy atom. The van der Waals surface area contributed by atoms with Gasteiger partial charge in [0.2, 0.25) is 0 Å². The van der Waals surface area contributed by atoms with E-state index in [1.54, 1.807) is 0 Å². The summed E-state index contributed by atoms with van der Waals surface area (Å²) in [4.78, 5) is 10.1. The maximum absolute atomic E-state index is 12.7. The fourth-order valence-corrected chi connectivity index (χ4v) is 4.64. The highest BCUT2D eigenvalue weighted by Crippen LogP contribution is 2.54. The molecule has 0 saturated carbocycles. The molecule has 4 aromatic carbocycles. The maximum Gasteiger partial charge on any atom is 0.162 e. The number of aliphatic hydroxyl groups is 1. The highest BCUT2D eigenvalue weighted by Gasteiger charge is 2.56. The monoisotopic (exact) mass is 414 g/mol. The molecule has 0 bridgehead atoms. The molecule has 0 radical (unpaired) electrons. The molecule has 0 aromatic heterocycles.